The Morgan fingerprint density at radius 3 is 2.86 bits per heavy atom. The maximum absolute atomic E-state index is 11.1. The highest BCUT2D eigenvalue weighted by Crippen LogP contribution is 2.15. The second-order valence-electron chi connectivity index (χ2n) is 4.25. The molecule has 3 N–H and O–H groups in total. The van der Waals surface area contributed by atoms with Crippen molar-refractivity contribution in [2.45, 2.75) is 13.3 Å². The predicted molar refractivity (Wildman–Crippen MR) is 83.3 cm³/mol. The van der Waals surface area contributed by atoms with Gasteiger partial charge in [0.25, 0.3) is 0 Å². The van der Waals surface area contributed by atoms with Crippen molar-refractivity contribution < 1.29 is 9.90 Å². The summed E-state index contributed by atoms with van der Waals surface area (Å²) in [7, 11) is 1.79. The first-order valence-corrected chi connectivity index (χ1v) is 6.99. The molecule has 0 aliphatic heterocycles. The number of hydrogen-bond donors (Lipinski definition) is 3. The standard InChI is InChI=1S/C13H15N5O2S/c1-8(7-11-15-13(14-2)21-18-11)16-17-10-6-4-3-5-9(10)12(19)20/h3-6,17H,7H2,1-2H3,(H,19,20)(H,14,15,18). The fourth-order valence-electron chi connectivity index (χ4n) is 1.62. The summed E-state index contributed by atoms with van der Waals surface area (Å²) in [5.41, 5.74) is 4.16. The number of aromatic nitrogens is 2. The van der Waals surface area contributed by atoms with E-state index in [1.807, 2.05) is 6.92 Å². The Labute approximate surface area is 125 Å². The van der Waals surface area contributed by atoms with Crippen molar-refractivity contribution in [1.82, 2.24) is 9.36 Å². The van der Waals surface area contributed by atoms with Crippen molar-refractivity contribution in [2.75, 3.05) is 17.8 Å². The number of carboxylic acid groups (broad SMARTS) is 1. The number of carbonyl (C=O) groups is 1. The molecule has 0 aliphatic carbocycles. The highest BCUT2D eigenvalue weighted by Gasteiger charge is 2.08. The molecule has 0 unspecified atom stereocenters. The van der Waals surface area contributed by atoms with Crippen molar-refractivity contribution in [3.8, 4) is 0 Å². The molecule has 8 heteroatoms. The fourth-order valence-corrected chi connectivity index (χ4v) is 2.15. The fraction of sp³-hybridized carbons (Fsp3) is 0.231. The number of aromatic carboxylic acids is 1. The van der Waals surface area contributed by atoms with Crippen LogP contribution in [0.2, 0.25) is 0 Å². The van der Waals surface area contributed by atoms with E-state index in [0.29, 0.717) is 17.9 Å². The maximum atomic E-state index is 11.1. The number of para-hydroxylation sites is 1. The van der Waals surface area contributed by atoms with E-state index in [2.05, 4.69) is 25.2 Å². The summed E-state index contributed by atoms with van der Waals surface area (Å²) in [6.07, 6.45) is 0.500. The molecule has 0 atom stereocenters. The smallest absolute Gasteiger partial charge is 0.337 e. The lowest BCUT2D eigenvalue weighted by atomic mass is 10.2. The van der Waals surface area contributed by atoms with Gasteiger partial charge < -0.3 is 10.4 Å². The number of hydrazone groups is 1. The van der Waals surface area contributed by atoms with Crippen LogP contribution >= 0.6 is 11.5 Å². The van der Waals surface area contributed by atoms with E-state index < -0.39 is 5.97 Å². The zero-order valence-corrected chi connectivity index (χ0v) is 12.4. The number of anilines is 2. The quantitative estimate of drug-likeness (QED) is 0.559. The third-order valence-electron chi connectivity index (χ3n) is 2.62. The average molecular weight is 305 g/mol. The van der Waals surface area contributed by atoms with Gasteiger partial charge in [-0.15, -0.1) is 0 Å². The molecular weight excluding hydrogens is 290 g/mol. The van der Waals surface area contributed by atoms with E-state index in [4.69, 9.17) is 5.11 Å². The number of carboxylic acids is 1. The van der Waals surface area contributed by atoms with Crippen molar-refractivity contribution in [2.24, 2.45) is 5.10 Å². The van der Waals surface area contributed by atoms with Crippen LogP contribution < -0.4 is 10.7 Å². The van der Waals surface area contributed by atoms with E-state index in [-0.39, 0.29) is 5.56 Å². The Bertz CT molecular complexity index is 668. The van der Waals surface area contributed by atoms with Crippen LogP contribution in [0.15, 0.2) is 29.4 Å². The van der Waals surface area contributed by atoms with E-state index >= 15 is 0 Å². The Morgan fingerprint density at radius 2 is 2.19 bits per heavy atom. The SMILES string of the molecule is CNc1nc(CC(C)=NNc2ccccc2C(=O)O)ns1. The third-order valence-corrected chi connectivity index (χ3v) is 3.39. The van der Waals surface area contributed by atoms with Gasteiger partial charge in [0.1, 0.15) is 5.82 Å². The second kappa shape index (κ2) is 6.80. The molecule has 1 aromatic heterocycles. The molecule has 0 bridgehead atoms. The lowest BCUT2D eigenvalue weighted by Crippen LogP contribution is -2.06. The maximum Gasteiger partial charge on any atom is 0.337 e. The average Bonchev–Trinajstić information content (AvgIpc) is 2.93. The van der Waals surface area contributed by atoms with Crippen LogP contribution in [0.1, 0.15) is 23.1 Å². The van der Waals surface area contributed by atoms with Crippen LogP contribution in [0.5, 0.6) is 0 Å². The van der Waals surface area contributed by atoms with Gasteiger partial charge in [-0.05, 0) is 19.1 Å². The van der Waals surface area contributed by atoms with Crippen LogP contribution in [0.3, 0.4) is 0 Å². The lowest BCUT2D eigenvalue weighted by molar-refractivity contribution is 0.0698. The summed E-state index contributed by atoms with van der Waals surface area (Å²) in [6, 6.07) is 6.61. The van der Waals surface area contributed by atoms with Crippen molar-refractivity contribution >= 4 is 34.0 Å². The van der Waals surface area contributed by atoms with E-state index in [0.717, 1.165) is 10.8 Å². The Morgan fingerprint density at radius 1 is 1.43 bits per heavy atom. The molecule has 1 heterocycles. The summed E-state index contributed by atoms with van der Waals surface area (Å²) in [5.74, 6) is -0.315. The van der Waals surface area contributed by atoms with Crippen molar-refractivity contribution in [3.05, 3.63) is 35.7 Å². The van der Waals surface area contributed by atoms with E-state index in [1.54, 1.807) is 25.2 Å². The van der Waals surface area contributed by atoms with Gasteiger partial charge in [-0.3, -0.25) is 5.43 Å². The first-order chi connectivity index (χ1) is 10.1. The predicted octanol–water partition coefficient (Wildman–Crippen LogP) is 2.31. The molecule has 0 saturated heterocycles. The molecule has 1 aromatic carbocycles. The highest BCUT2D eigenvalue weighted by atomic mass is 32.1. The molecule has 0 saturated carbocycles. The van der Waals surface area contributed by atoms with Crippen LogP contribution in [0.4, 0.5) is 10.8 Å². The summed E-state index contributed by atoms with van der Waals surface area (Å²) in [4.78, 5) is 15.3. The Balaban J connectivity index is 2.05. The van der Waals surface area contributed by atoms with Gasteiger partial charge in [-0.25, -0.2) is 9.78 Å². The minimum absolute atomic E-state index is 0.179. The van der Waals surface area contributed by atoms with Crippen LogP contribution in [0, 0.1) is 0 Å². The number of nitrogens with zero attached hydrogens (tertiary/aromatic N) is 3. The van der Waals surface area contributed by atoms with Crippen LogP contribution in [0.25, 0.3) is 0 Å². The molecule has 7 nitrogen and oxygen atoms in total. The topological polar surface area (TPSA) is 99.5 Å². The number of hydrogen-bond acceptors (Lipinski definition) is 7. The first-order valence-electron chi connectivity index (χ1n) is 6.22. The Hall–Kier alpha value is -2.48. The van der Waals surface area contributed by atoms with E-state index in [9.17, 15) is 4.79 Å². The van der Waals surface area contributed by atoms with Gasteiger partial charge in [0.2, 0.25) is 5.13 Å². The first kappa shape index (κ1) is 14.9. The van der Waals surface area contributed by atoms with Gasteiger partial charge in [-0.1, -0.05) is 12.1 Å². The molecule has 0 radical (unpaired) electrons. The van der Waals surface area contributed by atoms with Gasteiger partial charge in [0.05, 0.1) is 11.3 Å². The zero-order valence-electron chi connectivity index (χ0n) is 11.6. The zero-order chi connectivity index (χ0) is 15.2. The monoisotopic (exact) mass is 305 g/mol. The number of rotatable bonds is 6. The van der Waals surface area contributed by atoms with Crippen LogP contribution in [-0.4, -0.2) is 33.2 Å². The molecule has 0 amide bonds. The number of nitrogens with one attached hydrogen (secondary N) is 2. The summed E-state index contributed by atoms with van der Waals surface area (Å²) >= 11 is 1.29. The van der Waals surface area contributed by atoms with Gasteiger partial charge in [0.15, 0.2) is 0 Å². The lowest BCUT2D eigenvalue weighted by Gasteiger charge is -2.05. The third kappa shape index (κ3) is 3.99. The van der Waals surface area contributed by atoms with Crippen molar-refractivity contribution in [3.63, 3.8) is 0 Å². The minimum Gasteiger partial charge on any atom is -0.478 e. The second-order valence-corrected chi connectivity index (χ2v) is 5.00. The van der Waals surface area contributed by atoms with Gasteiger partial charge in [-0.2, -0.15) is 9.47 Å². The van der Waals surface area contributed by atoms with Gasteiger partial charge >= 0.3 is 5.97 Å². The van der Waals surface area contributed by atoms with Gasteiger partial charge in [0, 0.05) is 30.7 Å². The molecule has 2 aromatic rings. The Kier molecular flexibility index (Phi) is 4.83. The summed E-state index contributed by atoms with van der Waals surface area (Å²) in [5, 5.41) is 16.9. The molecule has 0 spiro atoms. The summed E-state index contributed by atoms with van der Waals surface area (Å²) in [6.45, 7) is 1.83. The number of benzene rings is 1. The van der Waals surface area contributed by atoms with Crippen LogP contribution in [-0.2, 0) is 6.42 Å². The molecule has 0 aliphatic rings. The molecular formula is C13H15N5O2S. The van der Waals surface area contributed by atoms with Crippen molar-refractivity contribution in [1.29, 1.82) is 0 Å². The minimum atomic E-state index is -0.995. The van der Waals surface area contributed by atoms with E-state index in [1.165, 1.54) is 17.6 Å². The normalized spacial score (nSPS) is 11.2. The largest absolute Gasteiger partial charge is 0.478 e. The highest BCUT2D eigenvalue weighted by molar-refractivity contribution is 7.09. The summed E-state index contributed by atoms with van der Waals surface area (Å²) < 4.78 is 4.19. The molecule has 21 heavy (non-hydrogen) atoms. The molecule has 2 rings (SSSR count). The molecule has 110 valence electrons. The molecule has 0 fully saturated rings.